The Balaban J connectivity index is 2.06. The lowest BCUT2D eigenvalue weighted by Gasteiger charge is -2.36. The van der Waals surface area contributed by atoms with E-state index in [2.05, 4.69) is 13.0 Å². The van der Waals surface area contributed by atoms with Crippen LogP contribution >= 0.6 is 0 Å². The number of rotatable bonds is 12. The van der Waals surface area contributed by atoms with Crippen LogP contribution < -0.4 is 0 Å². The van der Waals surface area contributed by atoms with Gasteiger partial charge in [0.2, 0.25) is 0 Å². The summed E-state index contributed by atoms with van der Waals surface area (Å²) in [5.41, 5.74) is 0. The normalized spacial score (nSPS) is 28.5. The van der Waals surface area contributed by atoms with Gasteiger partial charge >= 0.3 is 0 Å². The van der Waals surface area contributed by atoms with Crippen LogP contribution in [0.4, 0.5) is 0 Å². The molecule has 5 nitrogen and oxygen atoms in total. The molecule has 0 saturated carbocycles. The number of hydrogen-bond donors (Lipinski definition) is 3. The summed E-state index contributed by atoms with van der Waals surface area (Å²) in [4.78, 5) is 0. The molecule has 1 rings (SSSR count). The van der Waals surface area contributed by atoms with Crippen molar-refractivity contribution in [3.05, 3.63) is 12.2 Å². The minimum Gasteiger partial charge on any atom is -0.394 e. The zero-order chi connectivity index (χ0) is 16.9. The molecule has 1 fully saturated rings. The number of hydrogen-bond acceptors (Lipinski definition) is 5. The molecule has 0 radical (unpaired) electrons. The van der Waals surface area contributed by atoms with Crippen molar-refractivity contribution in [3.63, 3.8) is 0 Å². The molecule has 0 aliphatic carbocycles. The fourth-order valence-electron chi connectivity index (χ4n) is 2.80. The third kappa shape index (κ3) is 8.27. The Bertz CT molecular complexity index is 308. The molecule has 3 N–H and O–H groups in total. The Morgan fingerprint density at radius 3 is 2.43 bits per heavy atom. The Hall–Kier alpha value is -0.460. The van der Waals surface area contributed by atoms with Crippen LogP contribution in [0.1, 0.15) is 58.3 Å². The van der Waals surface area contributed by atoms with E-state index in [1.54, 1.807) is 0 Å². The summed E-state index contributed by atoms with van der Waals surface area (Å²) in [6.45, 7) is 2.39. The Labute approximate surface area is 140 Å². The molecule has 0 aromatic carbocycles. The van der Waals surface area contributed by atoms with Crippen molar-refractivity contribution in [1.82, 2.24) is 0 Å². The Morgan fingerprint density at radius 2 is 1.74 bits per heavy atom. The van der Waals surface area contributed by atoms with Gasteiger partial charge in [0.05, 0.1) is 19.8 Å². The van der Waals surface area contributed by atoms with Gasteiger partial charge in [-0.1, -0.05) is 57.6 Å². The molecule has 0 aromatic heterocycles. The van der Waals surface area contributed by atoms with Crippen molar-refractivity contribution < 1.29 is 24.8 Å². The molecule has 1 aliphatic heterocycles. The highest BCUT2D eigenvalue weighted by Crippen LogP contribution is 2.18. The second-order valence-electron chi connectivity index (χ2n) is 6.29. The van der Waals surface area contributed by atoms with Crippen LogP contribution in [0.3, 0.4) is 0 Å². The summed E-state index contributed by atoms with van der Waals surface area (Å²) >= 11 is 0. The van der Waals surface area contributed by atoms with Gasteiger partial charge in [-0.3, -0.25) is 0 Å². The monoisotopic (exact) mass is 330 g/mol. The van der Waals surface area contributed by atoms with Crippen molar-refractivity contribution >= 4 is 0 Å². The van der Waals surface area contributed by atoms with Crippen LogP contribution in [-0.4, -0.2) is 59.6 Å². The van der Waals surface area contributed by atoms with Gasteiger partial charge in [0.1, 0.15) is 24.4 Å². The summed E-state index contributed by atoms with van der Waals surface area (Å²) in [6.07, 6.45) is 10.9. The first kappa shape index (κ1) is 20.6. The predicted octanol–water partition coefficient (Wildman–Crippen LogP) is 2.18. The molecule has 4 atom stereocenters. The number of allylic oxidation sites excluding steroid dienone is 1. The van der Waals surface area contributed by atoms with Gasteiger partial charge < -0.3 is 24.8 Å². The van der Waals surface area contributed by atoms with Crippen LogP contribution in [0, 0.1) is 0 Å². The fraction of sp³-hybridized carbons (Fsp3) is 0.889. The highest BCUT2D eigenvalue weighted by molar-refractivity contribution is 4.89. The van der Waals surface area contributed by atoms with E-state index >= 15 is 0 Å². The van der Waals surface area contributed by atoms with E-state index in [9.17, 15) is 10.2 Å². The van der Waals surface area contributed by atoms with Gasteiger partial charge in [0.25, 0.3) is 0 Å². The van der Waals surface area contributed by atoms with Crippen LogP contribution in [-0.2, 0) is 9.47 Å². The molecule has 0 aromatic rings. The molecule has 5 heteroatoms. The summed E-state index contributed by atoms with van der Waals surface area (Å²) in [5.74, 6) is 0. The summed E-state index contributed by atoms with van der Waals surface area (Å²) in [7, 11) is 0. The molecule has 0 spiro atoms. The second kappa shape index (κ2) is 12.9. The highest BCUT2D eigenvalue weighted by atomic mass is 16.6. The summed E-state index contributed by atoms with van der Waals surface area (Å²) in [6, 6.07) is 0. The quantitative estimate of drug-likeness (QED) is 0.377. The fourth-order valence-corrected chi connectivity index (χ4v) is 2.80. The van der Waals surface area contributed by atoms with Gasteiger partial charge in [0, 0.05) is 0 Å². The van der Waals surface area contributed by atoms with E-state index < -0.39 is 24.4 Å². The SMILES string of the molecule is CCCCCCCCC/C=C/CO[C@H]1[C@H](O)[C@@H](CO)OC[C@@H]1O. The van der Waals surface area contributed by atoms with Gasteiger partial charge in [-0.15, -0.1) is 0 Å². The van der Waals surface area contributed by atoms with E-state index in [0.717, 1.165) is 6.42 Å². The molecule has 1 heterocycles. The van der Waals surface area contributed by atoms with Crippen molar-refractivity contribution in [3.8, 4) is 0 Å². The van der Waals surface area contributed by atoms with Crippen LogP contribution in [0.25, 0.3) is 0 Å². The highest BCUT2D eigenvalue weighted by Gasteiger charge is 2.38. The van der Waals surface area contributed by atoms with Crippen molar-refractivity contribution in [2.45, 2.75) is 82.7 Å². The standard InChI is InChI=1S/C18H34O5/c1-2-3-4-5-6-7-8-9-10-11-12-22-18-15(20)14-23-16(13-19)17(18)21/h10-11,15-21H,2-9,12-14H2,1H3/b11-10+/t15-,16+,17+,18+/m0/s1. The summed E-state index contributed by atoms with van der Waals surface area (Å²) in [5, 5.41) is 28.9. The third-order valence-electron chi connectivity index (χ3n) is 4.28. The lowest BCUT2D eigenvalue weighted by molar-refractivity contribution is -0.207. The average molecular weight is 330 g/mol. The zero-order valence-corrected chi connectivity index (χ0v) is 14.4. The van der Waals surface area contributed by atoms with Crippen LogP contribution in [0.15, 0.2) is 12.2 Å². The molecule has 136 valence electrons. The Morgan fingerprint density at radius 1 is 1.04 bits per heavy atom. The second-order valence-corrected chi connectivity index (χ2v) is 6.29. The molecule has 1 aliphatic rings. The van der Waals surface area contributed by atoms with E-state index in [0.29, 0.717) is 6.61 Å². The molecular weight excluding hydrogens is 296 g/mol. The first-order valence-electron chi connectivity index (χ1n) is 9.05. The predicted molar refractivity (Wildman–Crippen MR) is 90.3 cm³/mol. The molecule has 23 heavy (non-hydrogen) atoms. The average Bonchev–Trinajstić information content (AvgIpc) is 2.55. The molecule has 0 amide bonds. The number of ether oxygens (including phenoxy) is 2. The first-order valence-corrected chi connectivity index (χ1v) is 9.05. The maximum absolute atomic E-state index is 9.97. The van der Waals surface area contributed by atoms with E-state index in [-0.39, 0.29) is 13.2 Å². The lowest BCUT2D eigenvalue weighted by atomic mass is 10.0. The molecular formula is C18H34O5. The summed E-state index contributed by atoms with van der Waals surface area (Å²) < 4.78 is 10.7. The van der Waals surface area contributed by atoms with E-state index in [1.165, 1.54) is 44.9 Å². The number of unbranched alkanes of at least 4 members (excludes halogenated alkanes) is 7. The van der Waals surface area contributed by atoms with Gasteiger partial charge in [-0.2, -0.15) is 0 Å². The largest absolute Gasteiger partial charge is 0.394 e. The van der Waals surface area contributed by atoms with E-state index in [1.807, 2.05) is 6.08 Å². The van der Waals surface area contributed by atoms with Crippen LogP contribution in [0.2, 0.25) is 0 Å². The van der Waals surface area contributed by atoms with Crippen molar-refractivity contribution in [2.75, 3.05) is 19.8 Å². The molecule has 0 unspecified atom stereocenters. The van der Waals surface area contributed by atoms with Gasteiger partial charge in [-0.05, 0) is 12.8 Å². The zero-order valence-electron chi connectivity index (χ0n) is 14.4. The topological polar surface area (TPSA) is 79.2 Å². The van der Waals surface area contributed by atoms with Crippen molar-refractivity contribution in [2.24, 2.45) is 0 Å². The lowest BCUT2D eigenvalue weighted by Crippen LogP contribution is -2.55. The number of aliphatic hydroxyl groups excluding tert-OH is 3. The number of aliphatic hydroxyl groups is 3. The maximum Gasteiger partial charge on any atom is 0.114 e. The minimum atomic E-state index is -1.000. The third-order valence-corrected chi connectivity index (χ3v) is 4.28. The van der Waals surface area contributed by atoms with Gasteiger partial charge in [0.15, 0.2) is 0 Å². The van der Waals surface area contributed by atoms with Crippen LogP contribution in [0.5, 0.6) is 0 Å². The molecule has 0 bridgehead atoms. The smallest absolute Gasteiger partial charge is 0.114 e. The minimum absolute atomic E-state index is 0.0781. The van der Waals surface area contributed by atoms with E-state index in [4.69, 9.17) is 14.6 Å². The van der Waals surface area contributed by atoms with Gasteiger partial charge in [-0.25, -0.2) is 0 Å². The maximum atomic E-state index is 9.97. The first-order chi connectivity index (χ1) is 11.2. The molecule has 1 saturated heterocycles. The Kier molecular flexibility index (Phi) is 11.5. The van der Waals surface area contributed by atoms with Crippen molar-refractivity contribution in [1.29, 1.82) is 0 Å².